The molecule has 2 aromatic rings. The quantitative estimate of drug-likeness (QED) is 0.642. The van der Waals surface area contributed by atoms with Crippen LogP contribution in [0, 0.1) is 0 Å². The maximum atomic E-state index is 6.20. The summed E-state index contributed by atoms with van der Waals surface area (Å²) < 4.78 is 6.20. The zero-order chi connectivity index (χ0) is 14.9. The first-order chi connectivity index (χ1) is 10.3. The maximum absolute atomic E-state index is 6.20. The summed E-state index contributed by atoms with van der Waals surface area (Å²) in [5.41, 5.74) is 2.45. The van der Waals surface area contributed by atoms with Crippen LogP contribution < -0.4 is 4.90 Å². The third kappa shape index (κ3) is 4.61. The van der Waals surface area contributed by atoms with Crippen molar-refractivity contribution in [3.05, 3.63) is 66.2 Å². The standard InChI is InChI=1S/C19H25NO/c1-3-11-19(21-16-17-12-7-5-8-13-17)20(4-2)18-14-9-6-10-15-18/h5-10,12-15,19H,3-4,11,16H2,1-2H3. The van der Waals surface area contributed by atoms with Gasteiger partial charge in [-0.05, 0) is 31.0 Å². The summed E-state index contributed by atoms with van der Waals surface area (Å²) in [7, 11) is 0. The molecule has 1 atom stereocenters. The highest BCUT2D eigenvalue weighted by molar-refractivity contribution is 5.46. The highest BCUT2D eigenvalue weighted by Gasteiger charge is 2.17. The lowest BCUT2D eigenvalue weighted by atomic mass is 10.2. The third-order valence-electron chi connectivity index (χ3n) is 3.60. The molecular formula is C19H25NO. The predicted octanol–water partition coefficient (Wildman–Crippen LogP) is 4.86. The Morgan fingerprint density at radius 3 is 2.10 bits per heavy atom. The van der Waals surface area contributed by atoms with Crippen molar-refractivity contribution < 1.29 is 4.74 Å². The number of benzene rings is 2. The van der Waals surface area contributed by atoms with Crippen LogP contribution in [0.15, 0.2) is 60.7 Å². The van der Waals surface area contributed by atoms with Crippen molar-refractivity contribution in [1.82, 2.24) is 0 Å². The van der Waals surface area contributed by atoms with Gasteiger partial charge in [0.1, 0.15) is 6.23 Å². The number of nitrogens with zero attached hydrogens (tertiary/aromatic N) is 1. The number of hydrogen-bond acceptors (Lipinski definition) is 2. The third-order valence-corrected chi connectivity index (χ3v) is 3.60. The molecule has 0 amide bonds. The van der Waals surface area contributed by atoms with Gasteiger partial charge in [-0.15, -0.1) is 0 Å². The van der Waals surface area contributed by atoms with Crippen LogP contribution in [-0.2, 0) is 11.3 Å². The summed E-state index contributed by atoms with van der Waals surface area (Å²) >= 11 is 0. The summed E-state index contributed by atoms with van der Waals surface area (Å²) in [6.45, 7) is 6.00. The molecule has 0 aliphatic carbocycles. The van der Waals surface area contributed by atoms with Gasteiger partial charge in [0.2, 0.25) is 0 Å². The van der Waals surface area contributed by atoms with Crippen molar-refractivity contribution >= 4 is 5.69 Å². The highest BCUT2D eigenvalue weighted by Crippen LogP contribution is 2.20. The molecule has 2 rings (SSSR count). The molecule has 0 spiro atoms. The number of anilines is 1. The molecule has 21 heavy (non-hydrogen) atoms. The van der Waals surface area contributed by atoms with Gasteiger partial charge in [-0.1, -0.05) is 61.9 Å². The van der Waals surface area contributed by atoms with Gasteiger partial charge < -0.3 is 9.64 Å². The second-order valence-electron chi connectivity index (χ2n) is 5.16. The average molecular weight is 283 g/mol. The molecule has 0 aliphatic rings. The second-order valence-corrected chi connectivity index (χ2v) is 5.16. The summed E-state index contributed by atoms with van der Waals surface area (Å²) in [6.07, 6.45) is 2.28. The molecule has 0 fully saturated rings. The molecule has 0 saturated heterocycles. The molecule has 1 unspecified atom stereocenters. The second kappa shape index (κ2) is 8.48. The lowest BCUT2D eigenvalue weighted by molar-refractivity contribution is 0.0327. The number of rotatable bonds is 8. The molecule has 2 nitrogen and oxygen atoms in total. The number of para-hydroxylation sites is 1. The molecule has 0 radical (unpaired) electrons. The predicted molar refractivity (Wildman–Crippen MR) is 89.4 cm³/mol. The first kappa shape index (κ1) is 15.6. The van der Waals surface area contributed by atoms with Gasteiger partial charge in [-0.2, -0.15) is 0 Å². The van der Waals surface area contributed by atoms with Crippen molar-refractivity contribution in [1.29, 1.82) is 0 Å². The van der Waals surface area contributed by atoms with Crippen molar-refractivity contribution in [2.75, 3.05) is 11.4 Å². The van der Waals surface area contributed by atoms with Crippen molar-refractivity contribution in [3.63, 3.8) is 0 Å². The Bertz CT molecular complexity index is 497. The Labute approximate surface area is 128 Å². The van der Waals surface area contributed by atoms with Crippen LogP contribution in [-0.4, -0.2) is 12.8 Å². The fourth-order valence-corrected chi connectivity index (χ4v) is 2.51. The zero-order valence-corrected chi connectivity index (χ0v) is 13.0. The molecule has 2 heteroatoms. The van der Waals surface area contributed by atoms with E-state index >= 15 is 0 Å². The molecular weight excluding hydrogens is 258 g/mol. The smallest absolute Gasteiger partial charge is 0.130 e. The molecule has 2 aromatic carbocycles. The van der Waals surface area contributed by atoms with Crippen LogP contribution in [0.2, 0.25) is 0 Å². The molecule has 0 heterocycles. The summed E-state index contributed by atoms with van der Waals surface area (Å²) in [4.78, 5) is 2.34. The van der Waals surface area contributed by atoms with Crippen LogP contribution in [0.1, 0.15) is 32.3 Å². The van der Waals surface area contributed by atoms with Crippen molar-refractivity contribution in [3.8, 4) is 0 Å². The lowest BCUT2D eigenvalue weighted by Crippen LogP contribution is -2.37. The molecule has 0 aromatic heterocycles. The first-order valence-electron chi connectivity index (χ1n) is 7.82. The Morgan fingerprint density at radius 1 is 0.905 bits per heavy atom. The zero-order valence-electron chi connectivity index (χ0n) is 13.0. The van der Waals surface area contributed by atoms with E-state index in [1.807, 2.05) is 6.07 Å². The molecule has 112 valence electrons. The van der Waals surface area contributed by atoms with Gasteiger partial charge in [-0.25, -0.2) is 0 Å². The minimum atomic E-state index is 0.127. The summed E-state index contributed by atoms with van der Waals surface area (Å²) in [5.74, 6) is 0. The fourth-order valence-electron chi connectivity index (χ4n) is 2.51. The van der Waals surface area contributed by atoms with E-state index in [9.17, 15) is 0 Å². The van der Waals surface area contributed by atoms with Gasteiger partial charge in [0.15, 0.2) is 0 Å². The summed E-state index contributed by atoms with van der Waals surface area (Å²) in [5, 5.41) is 0. The van der Waals surface area contributed by atoms with Crippen molar-refractivity contribution in [2.45, 2.75) is 39.5 Å². The van der Waals surface area contributed by atoms with E-state index in [0.717, 1.165) is 19.4 Å². The van der Waals surface area contributed by atoms with Gasteiger partial charge in [0, 0.05) is 12.2 Å². The van der Waals surface area contributed by atoms with Gasteiger partial charge in [0.25, 0.3) is 0 Å². The Morgan fingerprint density at radius 2 is 1.52 bits per heavy atom. The van der Waals surface area contributed by atoms with Gasteiger partial charge in [-0.3, -0.25) is 0 Å². The molecule has 0 N–H and O–H groups in total. The van der Waals surface area contributed by atoms with Crippen LogP contribution in [0.3, 0.4) is 0 Å². The minimum Gasteiger partial charge on any atom is -0.354 e. The van der Waals surface area contributed by atoms with Crippen LogP contribution in [0.4, 0.5) is 5.69 Å². The van der Waals surface area contributed by atoms with Gasteiger partial charge >= 0.3 is 0 Å². The van der Waals surface area contributed by atoms with E-state index in [4.69, 9.17) is 4.74 Å². The van der Waals surface area contributed by atoms with E-state index in [1.54, 1.807) is 0 Å². The van der Waals surface area contributed by atoms with E-state index < -0.39 is 0 Å². The Hall–Kier alpha value is -1.80. The highest BCUT2D eigenvalue weighted by atomic mass is 16.5. The van der Waals surface area contributed by atoms with E-state index in [-0.39, 0.29) is 6.23 Å². The van der Waals surface area contributed by atoms with Crippen LogP contribution in [0.25, 0.3) is 0 Å². The van der Waals surface area contributed by atoms with Crippen molar-refractivity contribution in [2.24, 2.45) is 0 Å². The Balaban J connectivity index is 2.06. The first-order valence-corrected chi connectivity index (χ1v) is 7.82. The summed E-state index contributed by atoms with van der Waals surface area (Å²) in [6, 6.07) is 20.9. The topological polar surface area (TPSA) is 12.5 Å². The van der Waals surface area contributed by atoms with E-state index in [0.29, 0.717) is 6.61 Å². The normalized spacial score (nSPS) is 12.1. The van der Waals surface area contributed by atoms with E-state index in [1.165, 1.54) is 11.3 Å². The largest absolute Gasteiger partial charge is 0.354 e. The number of ether oxygens (including phenoxy) is 1. The minimum absolute atomic E-state index is 0.127. The van der Waals surface area contributed by atoms with E-state index in [2.05, 4.69) is 73.3 Å². The fraction of sp³-hybridized carbons (Fsp3) is 0.368. The van der Waals surface area contributed by atoms with Gasteiger partial charge in [0.05, 0.1) is 6.61 Å². The Kier molecular flexibility index (Phi) is 6.29. The monoisotopic (exact) mass is 283 g/mol. The average Bonchev–Trinajstić information content (AvgIpc) is 2.55. The van der Waals surface area contributed by atoms with Crippen LogP contribution in [0.5, 0.6) is 0 Å². The van der Waals surface area contributed by atoms with Crippen LogP contribution >= 0.6 is 0 Å². The molecule has 0 bridgehead atoms. The lowest BCUT2D eigenvalue weighted by Gasteiger charge is -2.32. The molecule has 0 saturated carbocycles. The SMILES string of the molecule is CCCC(OCc1ccccc1)N(CC)c1ccccc1. The molecule has 0 aliphatic heterocycles. The number of hydrogen-bond donors (Lipinski definition) is 0. The maximum Gasteiger partial charge on any atom is 0.130 e.